The molecule has 0 atom stereocenters. The topological polar surface area (TPSA) is 0 Å². The first-order valence-electron chi connectivity index (χ1n) is 9.90. The second-order valence-corrected chi connectivity index (χ2v) is 5.25. The summed E-state index contributed by atoms with van der Waals surface area (Å²) in [5.41, 5.74) is 6.56. The van der Waals surface area contributed by atoms with E-state index in [2.05, 4.69) is 66.3 Å². The molecule has 0 aliphatic carbocycles. The highest BCUT2D eigenvalue weighted by Crippen LogP contribution is 2.18. The Morgan fingerprint density at radius 2 is 1.24 bits per heavy atom. The normalized spacial score (nSPS) is 7.52. The molecule has 0 heteroatoms. The summed E-state index contributed by atoms with van der Waals surface area (Å²) in [6.45, 7) is 28.8. The van der Waals surface area contributed by atoms with E-state index in [9.17, 15) is 0 Å². The van der Waals surface area contributed by atoms with Crippen LogP contribution in [0.2, 0.25) is 0 Å². The summed E-state index contributed by atoms with van der Waals surface area (Å²) in [5, 5.41) is 0. The Labute approximate surface area is 160 Å². The van der Waals surface area contributed by atoms with Crippen LogP contribution in [0.5, 0.6) is 0 Å². The average Bonchev–Trinajstić information content (AvgIpc) is 2.65. The lowest BCUT2D eigenvalue weighted by atomic mass is 9.99. The van der Waals surface area contributed by atoms with Crippen LogP contribution in [-0.2, 0) is 0 Å². The monoisotopic (exact) mass is 346 g/mol. The van der Waals surface area contributed by atoms with Gasteiger partial charge in [0.25, 0.3) is 0 Å². The zero-order chi connectivity index (χ0) is 20.8. The summed E-state index contributed by atoms with van der Waals surface area (Å²) in [5.74, 6) is 0. The molecular weight excluding hydrogens is 300 g/mol. The van der Waals surface area contributed by atoms with Crippen molar-refractivity contribution in [1.82, 2.24) is 0 Å². The molecule has 0 saturated heterocycles. The van der Waals surface area contributed by atoms with Gasteiger partial charge in [-0.15, -0.1) is 0 Å². The van der Waals surface area contributed by atoms with Crippen LogP contribution in [0.3, 0.4) is 0 Å². The van der Waals surface area contributed by atoms with E-state index < -0.39 is 0 Å². The zero-order valence-corrected chi connectivity index (χ0v) is 19.4. The molecule has 0 unspecified atom stereocenters. The number of aryl methyl sites for hydroxylation is 1. The molecular formula is C25H46. The molecule has 0 fully saturated rings. The first-order chi connectivity index (χ1) is 11.9. The number of hydrogen-bond donors (Lipinski definition) is 0. The highest BCUT2D eigenvalue weighted by molar-refractivity contribution is 5.41. The lowest BCUT2D eigenvalue weighted by Gasteiger charge is -2.07. The molecule has 0 radical (unpaired) electrons. The van der Waals surface area contributed by atoms with Crippen molar-refractivity contribution in [2.75, 3.05) is 0 Å². The molecule has 25 heavy (non-hydrogen) atoms. The van der Waals surface area contributed by atoms with E-state index in [1.807, 2.05) is 59.7 Å². The van der Waals surface area contributed by atoms with Crippen LogP contribution in [0.4, 0.5) is 0 Å². The average molecular weight is 347 g/mol. The minimum atomic E-state index is 1.03. The number of rotatable bonds is 3. The van der Waals surface area contributed by atoms with Crippen molar-refractivity contribution in [3.63, 3.8) is 0 Å². The van der Waals surface area contributed by atoms with Crippen LogP contribution in [0.15, 0.2) is 65.3 Å². The minimum Gasteiger partial charge on any atom is -0.0952 e. The first-order valence-corrected chi connectivity index (χ1v) is 9.90. The van der Waals surface area contributed by atoms with Gasteiger partial charge in [0.2, 0.25) is 0 Å². The van der Waals surface area contributed by atoms with Crippen molar-refractivity contribution in [1.29, 1.82) is 0 Å². The second-order valence-electron chi connectivity index (χ2n) is 5.25. The van der Waals surface area contributed by atoms with E-state index >= 15 is 0 Å². The predicted molar refractivity (Wildman–Crippen MR) is 122 cm³/mol. The Hall–Kier alpha value is -1.56. The summed E-state index contributed by atoms with van der Waals surface area (Å²) in [6, 6.07) is 10.3. The Morgan fingerprint density at radius 1 is 0.840 bits per heavy atom. The van der Waals surface area contributed by atoms with Crippen molar-refractivity contribution in [2.24, 2.45) is 0 Å². The number of allylic oxidation sites excluding steroid dienone is 5. The maximum atomic E-state index is 4.05. The van der Waals surface area contributed by atoms with Gasteiger partial charge in [-0.3, -0.25) is 0 Å². The van der Waals surface area contributed by atoms with E-state index in [4.69, 9.17) is 0 Å². The van der Waals surface area contributed by atoms with Gasteiger partial charge in [-0.25, -0.2) is 0 Å². The zero-order valence-electron chi connectivity index (χ0n) is 19.4. The third kappa shape index (κ3) is 22.4. The van der Waals surface area contributed by atoms with Gasteiger partial charge in [0.1, 0.15) is 0 Å². The largest absolute Gasteiger partial charge is 0.0952 e. The fourth-order valence-corrected chi connectivity index (χ4v) is 1.61. The summed E-state index contributed by atoms with van der Waals surface area (Å²) in [7, 11) is 0. The van der Waals surface area contributed by atoms with Gasteiger partial charge in [-0.2, -0.15) is 0 Å². The van der Waals surface area contributed by atoms with Crippen molar-refractivity contribution in [2.45, 2.75) is 89.5 Å². The Kier molecular flexibility index (Phi) is 30.8. The Balaban J connectivity index is -0.000000143. The molecule has 146 valence electrons. The molecule has 0 nitrogen and oxygen atoms in total. The molecule has 0 saturated carbocycles. The minimum absolute atomic E-state index is 1.03. The van der Waals surface area contributed by atoms with Crippen LogP contribution in [-0.4, -0.2) is 0 Å². The van der Waals surface area contributed by atoms with Gasteiger partial charge in [0.05, 0.1) is 0 Å². The van der Waals surface area contributed by atoms with E-state index in [0.29, 0.717) is 0 Å². The molecule has 0 aliphatic heterocycles. The van der Waals surface area contributed by atoms with Gasteiger partial charge in [-0.05, 0) is 52.2 Å². The van der Waals surface area contributed by atoms with Crippen molar-refractivity contribution in [3.8, 4) is 0 Å². The van der Waals surface area contributed by atoms with Gasteiger partial charge in [0.15, 0.2) is 0 Å². The third-order valence-corrected chi connectivity index (χ3v) is 2.72. The van der Waals surface area contributed by atoms with Crippen LogP contribution in [0.25, 0.3) is 0 Å². The second kappa shape index (κ2) is 24.7. The lowest BCUT2D eigenvalue weighted by molar-refractivity contribution is 1.11. The molecule has 1 aromatic rings. The Morgan fingerprint density at radius 3 is 1.44 bits per heavy atom. The van der Waals surface area contributed by atoms with Crippen molar-refractivity contribution < 1.29 is 0 Å². The number of benzene rings is 1. The highest BCUT2D eigenvalue weighted by Gasteiger charge is 1.98. The molecule has 0 heterocycles. The van der Waals surface area contributed by atoms with Crippen molar-refractivity contribution >= 4 is 0 Å². The number of hydrogen-bond acceptors (Lipinski definition) is 0. The van der Waals surface area contributed by atoms with E-state index in [-0.39, 0.29) is 0 Å². The maximum Gasteiger partial charge on any atom is -0.0245 e. The summed E-state index contributed by atoms with van der Waals surface area (Å²) in [6.07, 6.45) is 3.24. The molecule has 0 aromatic heterocycles. The standard InChI is InChI=1S/C12H20.C7H8.3C2H6/c1-7-11(6)12(10(4)5)8-9(2)3;1-7-5-3-2-4-6-7;3*1-2/h8H,6-7H2,1-5H3;2-6H,1H3;3*1-2H3. The van der Waals surface area contributed by atoms with Gasteiger partial charge in [0, 0.05) is 0 Å². The molecule has 0 aliphatic rings. The van der Waals surface area contributed by atoms with E-state index in [0.717, 1.165) is 6.42 Å². The summed E-state index contributed by atoms with van der Waals surface area (Å²) < 4.78 is 0. The molecule has 1 rings (SSSR count). The van der Waals surface area contributed by atoms with Gasteiger partial charge >= 0.3 is 0 Å². The molecule has 0 N–H and O–H groups in total. The smallest absolute Gasteiger partial charge is 0.0245 e. The SMILES string of the molecule is C=C(CC)C(C=C(C)C)=C(C)C.CC.CC.CC.Cc1ccccc1. The highest BCUT2D eigenvalue weighted by atomic mass is 14.0. The molecule has 1 aromatic carbocycles. The Bertz CT molecular complexity index is 436. The van der Waals surface area contributed by atoms with Crippen LogP contribution in [0, 0.1) is 6.92 Å². The fraction of sp³-hybridized carbons (Fsp3) is 0.520. The third-order valence-electron chi connectivity index (χ3n) is 2.72. The first kappa shape index (κ1) is 31.2. The van der Waals surface area contributed by atoms with Gasteiger partial charge < -0.3 is 0 Å². The fourth-order valence-electron chi connectivity index (χ4n) is 1.61. The van der Waals surface area contributed by atoms with Crippen LogP contribution >= 0.6 is 0 Å². The van der Waals surface area contributed by atoms with Crippen LogP contribution < -0.4 is 0 Å². The van der Waals surface area contributed by atoms with Gasteiger partial charge in [-0.1, -0.05) is 108 Å². The van der Waals surface area contributed by atoms with Crippen LogP contribution in [0.1, 0.15) is 88.1 Å². The summed E-state index contributed by atoms with van der Waals surface area (Å²) in [4.78, 5) is 0. The lowest BCUT2D eigenvalue weighted by Crippen LogP contribution is -1.87. The molecule has 0 bridgehead atoms. The van der Waals surface area contributed by atoms with Crippen molar-refractivity contribution in [3.05, 3.63) is 70.8 Å². The summed E-state index contributed by atoms with van der Waals surface area (Å²) >= 11 is 0. The van der Waals surface area contributed by atoms with E-state index in [1.54, 1.807) is 0 Å². The van der Waals surface area contributed by atoms with E-state index in [1.165, 1.54) is 27.9 Å². The predicted octanol–water partition coefficient (Wildman–Crippen LogP) is 9.33. The maximum absolute atomic E-state index is 4.05. The molecule has 0 amide bonds. The quantitative estimate of drug-likeness (QED) is 0.478. The molecule has 0 spiro atoms.